The quantitative estimate of drug-likeness (QED) is 0.434. The van der Waals surface area contributed by atoms with E-state index in [4.69, 9.17) is 11.6 Å². The Labute approximate surface area is 226 Å². The zero-order valence-corrected chi connectivity index (χ0v) is 22.7. The van der Waals surface area contributed by atoms with Gasteiger partial charge < -0.3 is 10.2 Å². The van der Waals surface area contributed by atoms with Crippen LogP contribution < -0.4 is 9.62 Å². The molecular weight excluding hydrogens is 543 g/mol. The van der Waals surface area contributed by atoms with Crippen LogP contribution in [0.5, 0.6) is 0 Å². The third-order valence-corrected chi connectivity index (χ3v) is 8.04. The zero-order valence-electron chi connectivity index (χ0n) is 21.2. The number of amides is 2. The number of carbonyl (C=O) groups is 2. The van der Waals surface area contributed by atoms with Crippen LogP contribution in [0.3, 0.4) is 0 Å². The maximum Gasteiger partial charge on any atom is 0.416 e. The fraction of sp³-hybridized carbons (Fsp3) is 0.462. The number of rotatable bonds is 10. The molecule has 0 aliphatic heterocycles. The highest BCUT2D eigenvalue weighted by atomic mass is 35.5. The Hall–Kier alpha value is -2.79. The lowest BCUT2D eigenvalue weighted by Crippen LogP contribution is -2.53. The van der Waals surface area contributed by atoms with E-state index in [0.717, 1.165) is 44.1 Å². The second-order valence-electron chi connectivity index (χ2n) is 9.34. The minimum Gasteiger partial charge on any atom is -0.352 e. The molecule has 1 N–H and O–H groups in total. The predicted molar refractivity (Wildman–Crippen MR) is 140 cm³/mol. The highest BCUT2D eigenvalue weighted by Gasteiger charge is 2.35. The molecule has 7 nitrogen and oxygen atoms in total. The minimum absolute atomic E-state index is 0.00792. The fourth-order valence-corrected chi connectivity index (χ4v) is 5.59. The minimum atomic E-state index is -4.70. The molecular formula is C26H31ClF3N3O4S. The number of nitrogens with zero attached hydrogens (tertiary/aromatic N) is 2. The molecule has 0 unspecified atom stereocenters. The van der Waals surface area contributed by atoms with E-state index in [0.29, 0.717) is 21.0 Å². The average Bonchev–Trinajstić information content (AvgIpc) is 3.35. The molecule has 2 aromatic rings. The molecule has 0 bridgehead atoms. The fourth-order valence-electron chi connectivity index (χ4n) is 4.55. The van der Waals surface area contributed by atoms with Crippen LogP contribution in [0.4, 0.5) is 18.9 Å². The highest BCUT2D eigenvalue weighted by molar-refractivity contribution is 7.92. The standard InChI is InChI=1S/C26H31ClF3N3O4S/c1-3-23(25(35)31-20-11-5-6-12-20)32(16-18-9-4-7-14-22(18)27)24(34)17-33(38(2,36)37)21-13-8-10-19(15-21)26(28,29)30/h4,7-10,13-15,20,23H,3,5-6,11-12,16-17H2,1-2H3,(H,31,35)/t23-/m1/s1. The summed E-state index contributed by atoms with van der Waals surface area (Å²) >= 11 is 6.32. The van der Waals surface area contributed by atoms with Gasteiger partial charge >= 0.3 is 6.18 Å². The number of alkyl halides is 3. The van der Waals surface area contributed by atoms with Crippen molar-refractivity contribution in [3.63, 3.8) is 0 Å². The number of anilines is 1. The molecule has 1 fully saturated rings. The smallest absolute Gasteiger partial charge is 0.352 e. The van der Waals surface area contributed by atoms with Crippen LogP contribution in [-0.2, 0) is 32.3 Å². The molecule has 0 heterocycles. The van der Waals surface area contributed by atoms with Gasteiger partial charge in [-0.1, -0.05) is 55.6 Å². The number of benzene rings is 2. The maximum absolute atomic E-state index is 13.7. The molecule has 0 saturated heterocycles. The van der Waals surface area contributed by atoms with Crippen LogP contribution in [0.15, 0.2) is 48.5 Å². The lowest BCUT2D eigenvalue weighted by atomic mass is 10.1. The summed E-state index contributed by atoms with van der Waals surface area (Å²) in [6, 6.07) is 9.55. The average molecular weight is 574 g/mol. The molecule has 0 aromatic heterocycles. The SMILES string of the molecule is CC[C@H](C(=O)NC1CCCC1)N(Cc1ccccc1Cl)C(=O)CN(c1cccc(C(F)(F)F)c1)S(C)(=O)=O. The van der Waals surface area contributed by atoms with E-state index >= 15 is 0 Å². The van der Waals surface area contributed by atoms with Gasteiger partial charge in [0.05, 0.1) is 17.5 Å². The summed E-state index contributed by atoms with van der Waals surface area (Å²) in [4.78, 5) is 28.2. The Morgan fingerprint density at radius 1 is 1.11 bits per heavy atom. The third kappa shape index (κ3) is 7.63. The summed E-state index contributed by atoms with van der Waals surface area (Å²) in [5.74, 6) is -1.12. The molecule has 1 atom stereocenters. The first-order valence-electron chi connectivity index (χ1n) is 12.3. The molecule has 2 aromatic carbocycles. The van der Waals surface area contributed by atoms with Gasteiger partial charge in [-0.2, -0.15) is 13.2 Å². The summed E-state index contributed by atoms with van der Waals surface area (Å²) < 4.78 is 65.8. The molecule has 1 aliphatic carbocycles. The van der Waals surface area contributed by atoms with Gasteiger partial charge in [0.15, 0.2) is 0 Å². The van der Waals surface area contributed by atoms with Crippen molar-refractivity contribution in [1.82, 2.24) is 10.2 Å². The van der Waals surface area contributed by atoms with Gasteiger partial charge in [0.2, 0.25) is 21.8 Å². The Kier molecular flexibility index (Phi) is 9.69. The Balaban J connectivity index is 1.96. The molecule has 12 heteroatoms. The second kappa shape index (κ2) is 12.4. The van der Waals surface area contributed by atoms with Crippen molar-refractivity contribution in [2.75, 3.05) is 17.1 Å². The van der Waals surface area contributed by atoms with Crippen LogP contribution in [0.25, 0.3) is 0 Å². The molecule has 0 spiro atoms. The van der Waals surface area contributed by atoms with E-state index in [1.807, 2.05) is 0 Å². The largest absolute Gasteiger partial charge is 0.416 e. The van der Waals surface area contributed by atoms with Gasteiger partial charge in [0.1, 0.15) is 12.6 Å². The Morgan fingerprint density at radius 3 is 2.34 bits per heavy atom. The topological polar surface area (TPSA) is 86.8 Å². The monoisotopic (exact) mass is 573 g/mol. The number of carbonyl (C=O) groups excluding carboxylic acids is 2. The second-order valence-corrected chi connectivity index (χ2v) is 11.7. The third-order valence-electron chi connectivity index (χ3n) is 6.53. The molecule has 38 heavy (non-hydrogen) atoms. The summed E-state index contributed by atoms with van der Waals surface area (Å²) in [5.41, 5.74) is -0.817. The van der Waals surface area contributed by atoms with Crippen molar-refractivity contribution in [1.29, 1.82) is 0 Å². The molecule has 1 saturated carbocycles. The normalized spacial score (nSPS) is 15.2. The molecule has 1 aliphatic rings. The van der Waals surface area contributed by atoms with Gasteiger partial charge in [-0.15, -0.1) is 0 Å². The Bertz CT molecular complexity index is 1250. The lowest BCUT2D eigenvalue weighted by Gasteiger charge is -2.33. The maximum atomic E-state index is 13.7. The van der Waals surface area contributed by atoms with Crippen molar-refractivity contribution in [3.05, 3.63) is 64.7 Å². The Morgan fingerprint density at radius 2 is 1.76 bits per heavy atom. The van der Waals surface area contributed by atoms with Gasteiger partial charge in [-0.05, 0) is 49.1 Å². The lowest BCUT2D eigenvalue weighted by molar-refractivity contribution is -0.140. The van der Waals surface area contributed by atoms with Crippen molar-refractivity contribution >= 4 is 39.1 Å². The van der Waals surface area contributed by atoms with Crippen molar-refractivity contribution < 1.29 is 31.2 Å². The van der Waals surface area contributed by atoms with Crippen molar-refractivity contribution in [3.8, 4) is 0 Å². The number of hydrogen-bond donors (Lipinski definition) is 1. The van der Waals surface area contributed by atoms with Crippen LogP contribution in [0, 0.1) is 0 Å². The van der Waals surface area contributed by atoms with Crippen molar-refractivity contribution in [2.24, 2.45) is 0 Å². The van der Waals surface area contributed by atoms with Crippen LogP contribution in [0.2, 0.25) is 5.02 Å². The van der Waals surface area contributed by atoms with Gasteiger partial charge in [0, 0.05) is 17.6 Å². The zero-order chi connectivity index (χ0) is 28.1. The molecule has 2 amide bonds. The van der Waals surface area contributed by atoms with Crippen LogP contribution in [0.1, 0.15) is 50.2 Å². The van der Waals surface area contributed by atoms with Gasteiger partial charge in [-0.25, -0.2) is 8.42 Å². The predicted octanol–water partition coefficient (Wildman–Crippen LogP) is 4.99. The van der Waals surface area contributed by atoms with Crippen molar-refractivity contribution in [2.45, 2.75) is 63.8 Å². The van der Waals surface area contributed by atoms with Gasteiger partial charge in [-0.3, -0.25) is 13.9 Å². The van der Waals surface area contributed by atoms with E-state index in [2.05, 4.69) is 5.32 Å². The number of halogens is 4. The summed E-state index contributed by atoms with van der Waals surface area (Å²) in [6.07, 6.45) is -0.0180. The van der Waals surface area contributed by atoms with E-state index in [1.165, 1.54) is 11.0 Å². The first-order chi connectivity index (χ1) is 17.8. The van der Waals surface area contributed by atoms with Crippen LogP contribution >= 0.6 is 11.6 Å². The summed E-state index contributed by atoms with van der Waals surface area (Å²) in [6.45, 7) is 0.847. The van der Waals surface area contributed by atoms with E-state index in [9.17, 15) is 31.2 Å². The van der Waals surface area contributed by atoms with E-state index < -0.39 is 40.3 Å². The summed E-state index contributed by atoms with van der Waals surface area (Å²) in [5, 5.41) is 3.34. The first-order valence-corrected chi connectivity index (χ1v) is 14.5. The van der Waals surface area contributed by atoms with Gasteiger partial charge in [0.25, 0.3) is 0 Å². The highest BCUT2D eigenvalue weighted by Crippen LogP contribution is 2.32. The number of sulfonamides is 1. The van der Waals surface area contributed by atoms with Crippen LogP contribution in [-0.4, -0.2) is 50.0 Å². The molecule has 3 rings (SSSR count). The molecule has 0 radical (unpaired) electrons. The van der Waals surface area contributed by atoms with E-state index in [1.54, 1.807) is 31.2 Å². The number of nitrogens with one attached hydrogen (secondary N) is 1. The number of hydrogen-bond acceptors (Lipinski definition) is 4. The summed E-state index contributed by atoms with van der Waals surface area (Å²) in [7, 11) is -4.17. The first kappa shape index (κ1) is 29.8. The van der Waals surface area contributed by atoms with E-state index in [-0.39, 0.29) is 30.6 Å². The molecule has 208 valence electrons.